The molecule has 1 fully saturated rings. The SMILES string of the molecule is O=C(CN(c1cccc([N+](=O)[O-])c1)S(=O)(=O)c1ccccc1)NN=C1CCCCC1. The summed E-state index contributed by atoms with van der Waals surface area (Å²) in [6, 6.07) is 12.8. The lowest BCUT2D eigenvalue weighted by Gasteiger charge is -2.23. The fraction of sp³-hybridized carbons (Fsp3) is 0.300. The quantitative estimate of drug-likeness (QED) is 0.534. The molecular weight excluding hydrogens is 408 g/mol. The second kappa shape index (κ2) is 9.49. The molecule has 1 N–H and O–H groups in total. The van der Waals surface area contributed by atoms with Crippen molar-refractivity contribution in [3.63, 3.8) is 0 Å². The number of non-ortho nitro benzene ring substituents is 1. The zero-order valence-corrected chi connectivity index (χ0v) is 17.0. The summed E-state index contributed by atoms with van der Waals surface area (Å²) in [6.07, 6.45) is 4.75. The predicted octanol–water partition coefficient (Wildman–Crippen LogP) is 3.23. The number of sulfonamides is 1. The fourth-order valence-electron chi connectivity index (χ4n) is 3.18. The Morgan fingerprint density at radius 3 is 2.43 bits per heavy atom. The van der Waals surface area contributed by atoms with E-state index in [-0.39, 0.29) is 16.3 Å². The van der Waals surface area contributed by atoms with E-state index >= 15 is 0 Å². The van der Waals surface area contributed by atoms with Crippen LogP contribution in [0.4, 0.5) is 11.4 Å². The first-order valence-corrected chi connectivity index (χ1v) is 11.0. The summed E-state index contributed by atoms with van der Waals surface area (Å²) in [5.74, 6) is -0.626. The van der Waals surface area contributed by atoms with Gasteiger partial charge in [-0.05, 0) is 43.9 Å². The predicted molar refractivity (Wildman–Crippen MR) is 113 cm³/mol. The van der Waals surface area contributed by atoms with Crippen molar-refractivity contribution in [1.82, 2.24) is 5.43 Å². The van der Waals surface area contributed by atoms with Crippen LogP contribution >= 0.6 is 0 Å². The van der Waals surface area contributed by atoms with E-state index in [4.69, 9.17) is 0 Å². The Balaban J connectivity index is 1.90. The third-order valence-corrected chi connectivity index (χ3v) is 6.50. The molecule has 3 rings (SSSR count). The van der Waals surface area contributed by atoms with E-state index in [1.165, 1.54) is 30.3 Å². The van der Waals surface area contributed by atoms with Gasteiger partial charge in [-0.3, -0.25) is 19.2 Å². The van der Waals surface area contributed by atoms with Crippen molar-refractivity contribution in [2.45, 2.75) is 37.0 Å². The van der Waals surface area contributed by atoms with Gasteiger partial charge in [-0.25, -0.2) is 13.8 Å². The zero-order valence-electron chi connectivity index (χ0n) is 16.2. The molecule has 1 amide bonds. The maximum atomic E-state index is 13.2. The van der Waals surface area contributed by atoms with Crippen LogP contribution in [0.2, 0.25) is 0 Å². The molecule has 10 heteroatoms. The van der Waals surface area contributed by atoms with E-state index in [1.807, 2.05) is 0 Å². The average Bonchev–Trinajstić information content (AvgIpc) is 2.77. The van der Waals surface area contributed by atoms with Gasteiger partial charge in [0.2, 0.25) is 0 Å². The summed E-state index contributed by atoms with van der Waals surface area (Å²) >= 11 is 0. The molecule has 1 aliphatic rings. The van der Waals surface area contributed by atoms with Crippen molar-refractivity contribution in [3.05, 3.63) is 64.7 Å². The number of amides is 1. The lowest BCUT2D eigenvalue weighted by atomic mass is 9.99. The maximum Gasteiger partial charge on any atom is 0.271 e. The van der Waals surface area contributed by atoms with Gasteiger partial charge in [0.1, 0.15) is 6.54 Å². The lowest BCUT2D eigenvalue weighted by Crippen LogP contribution is -2.39. The molecule has 30 heavy (non-hydrogen) atoms. The first-order valence-electron chi connectivity index (χ1n) is 9.54. The van der Waals surface area contributed by atoms with E-state index in [9.17, 15) is 23.3 Å². The Morgan fingerprint density at radius 1 is 1.07 bits per heavy atom. The number of anilines is 1. The van der Waals surface area contributed by atoms with E-state index < -0.39 is 27.4 Å². The van der Waals surface area contributed by atoms with Crippen molar-refractivity contribution in [2.75, 3.05) is 10.8 Å². The Hall–Kier alpha value is -3.27. The molecule has 158 valence electrons. The van der Waals surface area contributed by atoms with Crippen LogP contribution in [-0.2, 0) is 14.8 Å². The van der Waals surface area contributed by atoms with Gasteiger partial charge in [0.25, 0.3) is 21.6 Å². The van der Waals surface area contributed by atoms with Gasteiger partial charge in [-0.1, -0.05) is 30.7 Å². The number of hydrogen-bond donors (Lipinski definition) is 1. The maximum absolute atomic E-state index is 13.2. The summed E-state index contributed by atoms with van der Waals surface area (Å²) in [5, 5.41) is 15.3. The number of carbonyl (C=O) groups is 1. The lowest BCUT2D eigenvalue weighted by molar-refractivity contribution is -0.384. The van der Waals surface area contributed by atoms with Crippen LogP contribution in [0.1, 0.15) is 32.1 Å². The Kier molecular flexibility index (Phi) is 6.78. The summed E-state index contributed by atoms with van der Waals surface area (Å²) in [7, 11) is -4.13. The summed E-state index contributed by atoms with van der Waals surface area (Å²) in [4.78, 5) is 23.0. The van der Waals surface area contributed by atoms with E-state index in [2.05, 4.69) is 10.5 Å². The molecule has 9 nitrogen and oxygen atoms in total. The molecule has 2 aromatic rings. The number of hydrogen-bond acceptors (Lipinski definition) is 6. The highest BCUT2D eigenvalue weighted by Gasteiger charge is 2.28. The summed E-state index contributed by atoms with van der Waals surface area (Å²) in [6.45, 7) is -0.560. The molecule has 1 saturated carbocycles. The van der Waals surface area contributed by atoms with Gasteiger partial charge in [0, 0.05) is 17.8 Å². The van der Waals surface area contributed by atoms with Gasteiger partial charge in [0.15, 0.2) is 0 Å². The number of nitro benzene ring substituents is 1. The number of carbonyl (C=O) groups excluding carboxylic acids is 1. The Bertz CT molecular complexity index is 1050. The molecule has 0 spiro atoms. The van der Waals surface area contributed by atoms with E-state index in [0.717, 1.165) is 48.2 Å². The number of hydrazone groups is 1. The normalized spacial score (nSPS) is 14.1. The van der Waals surface area contributed by atoms with Crippen LogP contribution in [0.15, 0.2) is 64.6 Å². The largest absolute Gasteiger partial charge is 0.271 e. The molecule has 0 heterocycles. The molecule has 0 saturated heterocycles. The monoisotopic (exact) mass is 430 g/mol. The highest BCUT2D eigenvalue weighted by atomic mass is 32.2. The van der Waals surface area contributed by atoms with Crippen LogP contribution in [0.3, 0.4) is 0 Å². The first-order chi connectivity index (χ1) is 14.4. The number of nitrogens with zero attached hydrogens (tertiary/aromatic N) is 3. The first kappa shape index (κ1) is 21.4. The number of benzene rings is 2. The smallest absolute Gasteiger partial charge is 0.271 e. The van der Waals surface area contributed by atoms with Crippen LogP contribution in [0.25, 0.3) is 0 Å². The standard InChI is InChI=1S/C20H22N4O5S/c25-20(22-21-16-8-3-1-4-9-16)15-23(17-10-7-11-18(14-17)24(26)27)30(28,29)19-12-5-2-6-13-19/h2,5-7,10-14H,1,3-4,8-9,15H2,(H,22,25). The molecule has 0 bridgehead atoms. The molecule has 0 atom stereocenters. The van der Waals surface area contributed by atoms with Crippen molar-refractivity contribution in [3.8, 4) is 0 Å². The van der Waals surface area contributed by atoms with Gasteiger partial charge in [-0.2, -0.15) is 5.10 Å². The minimum atomic E-state index is -4.13. The van der Waals surface area contributed by atoms with Crippen LogP contribution in [0.5, 0.6) is 0 Å². The van der Waals surface area contributed by atoms with E-state index in [1.54, 1.807) is 18.2 Å². The third-order valence-electron chi connectivity index (χ3n) is 4.72. The highest BCUT2D eigenvalue weighted by molar-refractivity contribution is 7.92. The average molecular weight is 430 g/mol. The van der Waals surface area contributed by atoms with Crippen molar-refractivity contribution >= 4 is 33.0 Å². The van der Waals surface area contributed by atoms with Gasteiger partial charge < -0.3 is 0 Å². The molecule has 0 aromatic heterocycles. The van der Waals surface area contributed by atoms with Crippen molar-refractivity contribution in [1.29, 1.82) is 0 Å². The molecular formula is C20H22N4O5S. The number of rotatable bonds is 7. The number of nitrogens with one attached hydrogen (secondary N) is 1. The minimum absolute atomic E-state index is 0.0218. The van der Waals surface area contributed by atoms with Crippen LogP contribution in [-0.4, -0.2) is 31.5 Å². The Labute approximate surface area is 174 Å². The van der Waals surface area contributed by atoms with Gasteiger partial charge >= 0.3 is 0 Å². The molecule has 0 radical (unpaired) electrons. The Morgan fingerprint density at radius 2 is 1.77 bits per heavy atom. The van der Waals surface area contributed by atoms with Crippen LogP contribution < -0.4 is 9.73 Å². The molecule has 0 unspecified atom stereocenters. The van der Waals surface area contributed by atoms with Crippen molar-refractivity contribution in [2.24, 2.45) is 5.10 Å². The second-order valence-electron chi connectivity index (χ2n) is 6.88. The topological polar surface area (TPSA) is 122 Å². The van der Waals surface area contributed by atoms with E-state index in [0.29, 0.717) is 0 Å². The van der Waals surface area contributed by atoms with Gasteiger partial charge in [-0.15, -0.1) is 0 Å². The highest BCUT2D eigenvalue weighted by Crippen LogP contribution is 2.26. The van der Waals surface area contributed by atoms with Crippen molar-refractivity contribution < 1.29 is 18.1 Å². The zero-order chi connectivity index (χ0) is 21.6. The summed E-state index contributed by atoms with van der Waals surface area (Å²) < 4.78 is 27.2. The second-order valence-corrected chi connectivity index (χ2v) is 8.74. The fourth-order valence-corrected chi connectivity index (χ4v) is 4.61. The van der Waals surface area contributed by atoms with Crippen LogP contribution in [0, 0.1) is 10.1 Å². The molecule has 1 aliphatic carbocycles. The molecule has 2 aromatic carbocycles. The minimum Gasteiger partial charge on any atom is -0.271 e. The molecule has 0 aliphatic heterocycles. The summed E-state index contributed by atoms with van der Waals surface area (Å²) in [5.41, 5.74) is 3.05. The number of nitro groups is 1. The third kappa shape index (κ3) is 5.20. The van der Waals surface area contributed by atoms with Gasteiger partial charge in [0.05, 0.1) is 15.5 Å².